The van der Waals surface area contributed by atoms with Crippen LogP contribution in [0.3, 0.4) is 0 Å². The molecule has 1 unspecified atom stereocenters. The molecule has 0 radical (unpaired) electrons. The molecule has 0 saturated heterocycles. The standard InChI is InChI=1S/C12H20O2/c1-3-9-7-5-6-8-11(9)10(4-2)12(13)14/h9H,3-8H2,1-2H3,(H,13,14)/b11-10-. The maximum atomic E-state index is 11.0. The maximum absolute atomic E-state index is 11.0. The zero-order chi connectivity index (χ0) is 10.6. The van der Waals surface area contributed by atoms with Gasteiger partial charge in [-0.15, -0.1) is 0 Å². The van der Waals surface area contributed by atoms with Gasteiger partial charge < -0.3 is 5.11 Å². The summed E-state index contributed by atoms with van der Waals surface area (Å²) < 4.78 is 0. The minimum atomic E-state index is -0.706. The molecule has 1 rings (SSSR count). The van der Waals surface area contributed by atoms with Gasteiger partial charge in [0.2, 0.25) is 0 Å². The van der Waals surface area contributed by atoms with E-state index in [0.29, 0.717) is 17.9 Å². The monoisotopic (exact) mass is 196 g/mol. The maximum Gasteiger partial charge on any atom is 0.331 e. The summed E-state index contributed by atoms with van der Waals surface area (Å²) in [5.74, 6) is -0.169. The van der Waals surface area contributed by atoms with Crippen LogP contribution in [0.2, 0.25) is 0 Å². The minimum absolute atomic E-state index is 0.537. The largest absolute Gasteiger partial charge is 0.478 e. The Bertz CT molecular complexity index is 241. The molecule has 1 N–H and O–H groups in total. The Morgan fingerprint density at radius 3 is 2.64 bits per heavy atom. The normalized spacial score (nSPS) is 26.0. The molecular weight excluding hydrogens is 176 g/mol. The topological polar surface area (TPSA) is 37.3 Å². The summed E-state index contributed by atoms with van der Waals surface area (Å²) in [6.45, 7) is 4.10. The molecule has 14 heavy (non-hydrogen) atoms. The zero-order valence-corrected chi connectivity index (χ0v) is 9.18. The number of rotatable bonds is 3. The first-order valence-corrected chi connectivity index (χ1v) is 5.65. The Labute approximate surface area is 86.0 Å². The quantitative estimate of drug-likeness (QED) is 0.702. The molecule has 0 amide bonds. The molecule has 0 bridgehead atoms. The Kier molecular flexibility index (Phi) is 4.18. The smallest absolute Gasteiger partial charge is 0.331 e. The van der Waals surface area contributed by atoms with Crippen molar-refractivity contribution in [3.63, 3.8) is 0 Å². The van der Waals surface area contributed by atoms with Gasteiger partial charge in [0.15, 0.2) is 0 Å². The van der Waals surface area contributed by atoms with Crippen molar-refractivity contribution in [2.75, 3.05) is 0 Å². The lowest BCUT2D eigenvalue weighted by molar-refractivity contribution is -0.132. The lowest BCUT2D eigenvalue weighted by atomic mass is 9.79. The van der Waals surface area contributed by atoms with E-state index in [4.69, 9.17) is 5.11 Å². The second kappa shape index (κ2) is 5.18. The van der Waals surface area contributed by atoms with Crippen molar-refractivity contribution in [2.45, 2.75) is 52.4 Å². The van der Waals surface area contributed by atoms with E-state index in [2.05, 4.69) is 6.92 Å². The van der Waals surface area contributed by atoms with Crippen LogP contribution < -0.4 is 0 Å². The molecule has 0 aromatic heterocycles. The molecule has 1 atom stereocenters. The Morgan fingerprint density at radius 2 is 2.14 bits per heavy atom. The third kappa shape index (κ3) is 2.37. The summed E-state index contributed by atoms with van der Waals surface area (Å²) >= 11 is 0. The van der Waals surface area contributed by atoms with Crippen molar-refractivity contribution in [2.24, 2.45) is 5.92 Å². The predicted molar refractivity (Wildman–Crippen MR) is 57.2 cm³/mol. The van der Waals surface area contributed by atoms with E-state index >= 15 is 0 Å². The first kappa shape index (κ1) is 11.3. The fourth-order valence-corrected chi connectivity index (χ4v) is 2.45. The first-order chi connectivity index (χ1) is 6.70. The Morgan fingerprint density at radius 1 is 1.43 bits per heavy atom. The zero-order valence-electron chi connectivity index (χ0n) is 9.18. The molecule has 0 heterocycles. The number of hydrogen-bond donors (Lipinski definition) is 1. The van der Waals surface area contributed by atoms with Gasteiger partial charge in [0.1, 0.15) is 0 Å². The molecule has 2 heteroatoms. The van der Waals surface area contributed by atoms with Crippen LogP contribution in [0.5, 0.6) is 0 Å². The molecule has 0 aromatic rings. The average Bonchev–Trinajstić information content (AvgIpc) is 2.19. The van der Waals surface area contributed by atoms with E-state index in [1.165, 1.54) is 24.8 Å². The fourth-order valence-electron chi connectivity index (χ4n) is 2.45. The van der Waals surface area contributed by atoms with Crippen molar-refractivity contribution >= 4 is 5.97 Å². The van der Waals surface area contributed by atoms with Gasteiger partial charge in [-0.05, 0) is 38.0 Å². The van der Waals surface area contributed by atoms with Gasteiger partial charge >= 0.3 is 5.97 Å². The van der Waals surface area contributed by atoms with Gasteiger partial charge in [-0.2, -0.15) is 0 Å². The summed E-state index contributed by atoms with van der Waals surface area (Å²) in [6.07, 6.45) is 6.38. The van der Waals surface area contributed by atoms with E-state index in [0.717, 1.165) is 12.8 Å². The van der Waals surface area contributed by atoms with Crippen LogP contribution in [0.1, 0.15) is 52.4 Å². The van der Waals surface area contributed by atoms with Gasteiger partial charge in [-0.3, -0.25) is 0 Å². The fraction of sp³-hybridized carbons (Fsp3) is 0.750. The Hall–Kier alpha value is -0.790. The molecule has 0 spiro atoms. The van der Waals surface area contributed by atoms with Crippen molar-refractivity contribution in [1.29, 1.82) is 0 Å². The van der Waals surface area contributed by atoms with Crippen LogP contribution >= 0.6 is 0 Å². The van der Waals surface area contributed by atoms with E-state index < -0.39 is 5.97 Å². The van der Waals surface area contributed by atoms with E-state index in [1.54, 1.807) is 0 Å². The summed E-state index contributed by atoms with van der Waals surface area (Å²) in [7, 11) is 0. The first-order valence-electron chi connectivity index (χ1n) is 5.65. The summed E-state index contributed by atoms with van der Waals surface area (Å²) in [6, 6.07) is 0. The van der Waals surface area contributed by atoms with E-state index in [-0.39, 0.29) is 0 Å². The van der Waals surface area contributed by atoms with Crippen molar-refractivity contribution in [1.82, 2.24) is 0 Å². The van der Waals surface area contributed by atoms with Crippen LogP contribution in [0.4, 0.5) is 0 Å². The van der Waals surface area contributed by atoms with Crippen molar-refractivity contribution in [3.05, 3.63) is 11.1 Å². The second-order valence-corrected chi connectivity index (χ2v) is 4.01. The van der Waals surface area contributed by atoms with Crippen LogP contribution in [0.25, 0.3) is 0 Å². The van der Waals surface area contributed by atoms with Crippen molar-refractivity contribution < 1.29 is 9.90 Å². The highest BCUT2D eigenvalue weighted by molar-refractivity contribution is 5.87. The van der Waals surface area contributed by atoms with Gasteiger partial charge in [0.25, 0.3) is 0 Å². The van der Waals surface area contributed by atoms with Crippen molar-refractivity contribution in [3.8, 4) is 0 Å². The minimum Gasteiger partial charge on any atom is -0.478 e. The highest BCUT2D eigenvalue weighted by Crippen LogP contribution is 2.34. The molecule has 0 aromatic carbocycles. The van der Waals surface area contributed by atoms with Gasteiger partial charge in [-0.1, -0.05) is 25.8 Å². The van der Waals surface area contributed by atoms with E-state index in [1.807, 2.05) is 6.92 Å². The Balaban J connectivity index is 2.93. The number of carboxylic acids is 1. The van der Waals surface area contributed by atoms with Crippen LogP contribution in [0, 0.1) is 5.92 Å². The molecule has 1 aliphatic carbocycles. The molecular formula is C12H20O2. The number of aliphatic carboxylic acids is 1. The second-order valence-electron chi connectivity index (χ2n) is 4.01. The van der Waals surface area contributed by atoms with Crippen LogP contribution in [0.15, 0.2) is 11.1 Å². The molecule has 80 valence electrons. The number of hydrogen-bond acceptors (Lipinski definition) is 1. The summed E-state index contributed by atoms with van der Waals surface area (Å²) in [5.41, 5.74) is 1.91. The predicted octanol–water partition coefficient (Wildman–Crippen LogP) is 3.38. The van der Waals surface area contributed by atoms with Gasteiger partial charge in [-0.25, -0.2) is 4.79 Å². The third-order valence-electron chi connectivity index (χ3n) is 3.23. The van der Waals surface area contributed by atoms with Crippen LogP contribution in [-0.2, 0) is 4.79 Å². The molecule has 0 aliphatic heterocycles. The lowest BCUT2D eigenvalue weighted by Gasteiger charge is -2.26. The SMILES string of the molecule is CC/C(C(=O)O)=C1\CCCCC1CC. The number of carboxylic acid groups (broad SMARTS) is 1. The highest BCUT2D eigenvalue weighted by Gasteiger charge is 2.22. The lowest BCUT2D eigenvalue weighted by Crippen LogP contribution is -2.15. The average molecular weight is 196 g/mol. The number of carbonyl (C=O) groups is 1. The molecule has 1 fully saturated rings. The van der Waals surface area contributed by atoms with E-state index in [9.17, 15) is 4.79 Å². The van der Waals surface area contributed by atoms with Gasteiger partial charge in [0.05, 0.1) is 0 Å². The summed E-state index contributed by atoms with van der Waals surface area (Å²) in [4.78, 5) is 11.0. The highest BCUT2D eigenvalue weighted by atomic mass is 16.4. The molecule has 2 nitrogen and oxygen atoms in total. The molecule has 1 aliphatic rings. The molecule has 1 saturated carbocycles. The number of allylic oxidation sites excluding steroid dienone is 1. The van der Waals surface area contributed by atoms with Gasteiger partial charge in [0, 0.05) is 5.57 Å². The summed E-state index contributed by atoms with van der Waals surface area (Å²) in [5, 5.41) is 9.08. The van der Waals surface area contributed by atoms with Crippen LogP contribution in [-0.4, -0.2) is 11.1 Å². The third-order valence-corrected chi connectivity index (χ3v) is 3.23.